The number of amides is 2. The molecule has 0 bridgehead atoms. The topological polar surface area (TPSA) is 67.2 Å². The van der Waals surface area contributed by atoms with Crippen LogP contribution >= 0.6 is 0 Å². The van der Waals surface area contributed by atoms with Gasteiger partial charge in [-0.3, -0.25) is 9.59 Å². The Morgan fingerprint density at radius 1 is 0.912 bits per heavy atom. The van der Waals surface area contributed by atoms with Crippen molar-refractivity contribution in [1.29, 1.82) is 0 Å². The number of anilines is 1. The summed E-state index contributed by atoms with van der Waals surface area (Å²) in [6.07, 6.45) is 0. The Morgan fingerprint density at radius 2 is 1.53 bits per heavy atom. The van der Waals surface area contributed by atoms with E-state index in [2.05, 4.69) is 5.32 Å². The summed E-state index contributed by atoms with van der Waals surface area (Å²) >= 11 is 0. The molecule has 0 atom stereocenters. The van der Waals surface area contributed by atoms with Gasteiger partial charge in [0.25, 0.3) is 5.91 Å². The van der Waals surface area contributed by atoms with Crippen molar-refractivity contribution in [3.8, 4) is 16.9 Å². The summed E-state index contributed by atoms with van der Waals surface area (Å²) in [5.41, 5.74) is 4.01. The molecular formula is C28H28N4O2. The molecule has 172 valence electrons. The number of benzene rings is 3. The SMILES string of the molecule is Cc1ccccc1C(=O)N(CC(=O)Nc1cc(-c2ccccc2)nn1-c1ccccc1)C(C)C. The first kappa shape index (κ1) is 23.0. The minimum atomic E-state index is -0.285. The van der Waals surface area contributed by atoms with Crippen LogP contribution in [0.3, 0.4) is 0 Å². The van der Waals surface area contributed by atoms with E-state index in [4.69, 9.17) is 5.10 Å². The van der Waals surface area contributed by atoms with E-state index in [-0.39, 0.29) is 24.4 Å². The number of carbonyl (C=O) groups excluding carboxylic acids is 2. The highest BCUT2D eigenvalue weighted by molar-refractivity contribution is 6.00. The molecule has 6 heteroatoms. The minimum Gasteiger partial charge on any atom is -0.327 e. The average Bonchev–Trinajstić information content (AvgIpc) is 3.27. The zero-order chi connectivity index (χ0) is 24.1. The van der Waals surface area contributed by atoms with Gasteiger partial charge in [0, 0.05) is 23.2 Å². The molecular weight excluding hydrogens is 424 g/mol. The van der Waals surface area contributed by atoms with Crippen LogP contribution in [-0.4, -0.2) is 39.1 Å². The maximum absolute atomic E-state index is 13.2. The molecule has 0 saturated heterocycles. The van der Waals surface area contributed by atoms with Crippen LogP contribution in [0.2, 0.25) is 0 Å². The summed E-state index contributed by atoms with van der Waals surface area (Å²) in [6, 6.07) is 28.6. The van der Waals surface area contributed by atoms with Gasteiger partial charge < -0.3 is 10.2 Å². The average molecular weight is 453 g/mol. The Hall–Kier alpha value is -4.19. The third-order valence-electron chi connectivity index (χ3n) is 5.62. The highest BCUT2D eigenvalue weighted by Crippen LogP contribution is 2.25. The van der Waals surface area contributed by atoms with E-state index in [1.165, 1.54) is 0 Å². The highest BCUT2D eigenvalue weighted by atomic mass is 16.2. The van der Waals surface area contributed by atoms with Crippen LogP contribution in [0.15, 0.2) is 91.0 Å². The standard InChI is InChI=1S/C28H28N4O2/c1-20(2)31(28(34)24-17-11-10-12-21(24)3)19-27(33)29-26-18-25(22-13-6-4-7-14-22)30-32(26)23-15-8-5-9-16-23/h4-18,20H,19H2,1-3H3,(H,29,33). The van der Waals surface area contributed by atoms with Crippen LogP contribution < -0.4 is 5.32 Å². The van der Waals surface area contributed by atoms with E-state index in [0.717, 1.165) is 22.5 Å². The molecule has 0 aliphatic heterocycles. The van der Waals surface area contributed by atoms with Gasteiger partial charge in [-0.05, 0) is 44.5 Å². The molecule has 0 saturated carbocycles. The third-order valence-corrected chi connectivity index (χ3v) is 5.62. The number of para-hydroxylation sites is 1. The number of hydrogen-bond donors (Lipinski definition) is 1. The van der Waals surface area contributed by atoms with Gasteiger partial charge in [-0.25, -0.2) is 4.68 Å². The smallest absolute Gasteiger partial charge is 0.254 e. The summed E-state index contributed by atoms with van der Waals surface area (Å²) in [5, 5.41) is 7.71. The van der Waals surface area contributed by atoms with Crippen LogP contribution in [0.1, 0.15) is 29.8 Å². The largest absolute Gasteiger partial charge is 0.327 e. The Morgan fingerprint density at radius 3 is 2.18 bits per heavy atom. The van der Waals surface area contributed by atoms with Crippen molar-refractivity contribution in [1.82, 2.24) is 14.7 Å². The van der Waals surface area contributed by atoms with E-state index < -0.39 is 0 Å². The van der Waals surface area contributed by atoms with Crippen molar-refractivity contribution in [2.75, 3.05) is 11.9 Å². The van der Waals surface area contributed by atoms with Gasteiger partial charge in [0.2, 0.25) is 5.91 Å². The molecule has 4 aromatic rings. The first-order chi connectivity index (χ1) is 16.4. The Labute approximate surface area is 199 Å². The molecule has 6 nitrogen and oxygen atoms in total. The van der Waals surface area contributed by atoms with Gasteiger partial charge in [0.15, 0.2) is 0 Å². The fraction of sp³-hybridized carbons (Fsp3) is 0.179. The summed E-state index contributed by atoms with van der Waals surface area (Å²) < 4.78 is 1.71. The van der Waals surface area contributed by atoms with Crippen molar-refractivity contribution in [3.63, 3.8) is 0 Å². The van der Waals surface area contributed by atoms with Gasteiger partial charge >= 0.3 is 0 Å². The zero-order valence-electron chi connectivity index (χ0n) is 19.6. The maximum atomic E-state index is 13.2. The van der Waals surface area contributed by atoms with Crippen molar-refractivity contribution in [3.05, 3.63) is 102 Å². The molecule has 3 aromatic carbocycles. The normalized spacial score (nSPS) is 10.8. The van der Waals surface area contributed by atoms with Crippen molar-refractivity contribution < 1.29 is 9.59 Å². The zero-order valence-corrected chi connectivity index (χ0v) is 19.6. The number of nitrogens with one attached hydrogen (secondary N) is 1. The molecule has 4 rings (SSSR count). The monoisotopic (exact) mass is 452 g/mol. The number of nitrogens with zero attached hydrogens (tertiary/aromatic N) is 3. The molecule has 0 aliphatic carbocycles. The van der Waals surface area contributed by atoms with Crippen LogP contribution in [0.4, 0.5) is 5.82 Å². The maximum Gasteiger partial charge on any atom is 0.254 e. The van der Waals surface area contributed by atoms with Gasteiger partial charge in [-0.15, -0.1) is 0 Å². The van der Waals surface area contributed by atoms with Crippen molar-refractivity contribution >= 4 is 17.6 Å². The second-order valence-electron chi connectivity index (χ2n) is 8.42. The molecule has 0 radical (unpaired) electrons. The van der Waals surface area contributed by atoms with Crippen LogP contribution in [0, 0.1) is 6.92 Å². The van der Waals surface area contributed by atoms with E-state index in [1.807, 2.05) is 106 Å². The van der Waals surface area contributed by atoms with E-state index >= 15 is 0 Å². The Balaban J connectivity index is 1.61. The lowest BCUT2D eigenvalue weighted by molar-refractivity contribution is -0.117. The lowest BCUT2D eigenvalue weighted by atomic mass is 10.1. The summed E-state index contributed by atoms with van der Waals surface area (Å²) in [6.45, 7) is 5.65. The van der Waals surface area contributed by atoms with Crippen LogP contribution in [0.5, 0.6) is 0 Å². The predicted molar refractivity (Wildman–Crippen MR) is 135 cm³/mol. The molecule has 34 heavy (non-hydrogen) atoms. The first-order valence-electron chi connectivity index (χ1n) is 11.3. The molecule has 1 aromatic heterocycles. The van der Waals surface area contributed by atoms with E-state index in [1.54, 1.807) is 15.6 Å². The first-order valence-corrected chi connectivity index (χ1v) is 11.3. The number of carbonyl (C=O) groups is 2. The molecule has 1 heterocycles. The second-order valence-corrected chi connectivity index (χ2v) is 8.42. The van der Waals surface area contributed by atoms with Crippen molar-refractivity contribution in [2.24, 2.45) is 0 Å². The number of aryl methyl sites for hydroxylation is 1. The van der Waals surface area contributed by atoms with Crippen LogP contribution in [-0.2, 0) is 4.79 Å². The summed E-state index contributed by atoms with van der Waals surface area (Å²) in [4.78, 5) is 27.9. The highest BCUT2D eigenvalue weighted by Gasteiger charge is 2.23. The van der Waals surface area contributed by atoms with Gasteiger partial charge in [-0.1, -0.05) is 66.7 Å². The molecule has 2 amide bonds. The Bertz CT molecular complexity index is 1280. The Kier molecular flexibility index (Phi) is 6.87. The van der Waals surface area contributed by atoms with Crippen molar-refractivity contribution in [2.45, 2.75) is 26.8 Å². The number of hydrogen-bond acceptors (Lipinski definition) is 3. The predicted octanol–water partition coefficient (Wildman–Crippen LogP) is 5.34. The molecule has 0 spiro atoms. The minimum absolute atomic E-state index is 0.0640. The van der Waals surface area contributed by atoms with Gasteiger partial charge in [-0.2, -0.15) is 5.10 Å². The van der Waals surface area contributed by atoms with E-state index in [9.17, 15) is 9.59 Å². The molecule has 1 N–H and O–H groups in total. The van der Waals surface area contributed by atoms with Gasteiger partial charge in [0.1, 0.15) is 12.4 Å². The summed E-state index contributed by atoms with van der Waals surface area (Å²) in [7, 11) is 0. The molecule has 0 aliphatic rings. The van der Waals surface area contributed by atoms with E-state index in [0.29, 0.717) is 11.4 Å². The quantitative estimate of drug-likeness (QED) is 0.412. The number of rotatable bonds is 7. The lowest BCUT2D eigenvalue weighted by Gasteiger charge is -2.27. The molecule has 0 unspecified atom stereocenters. The fourth-order valence-electron chi connectivity index (χ4n) is 3.78. The fourth-order valence-corrected chi connectivity index (χ4v) is 3.78. The number of aromatic nitrogens is 2. The third kappa shape index (κ3) is 5.07. The second kappa shape index (κ2) is 10.2. The molecule has 0 fully saturated rings. The summed E-state index contributed by atoms with van der Waals surface area (Å²) in [5.74, 6) is 0.0965. The van der Waals surface area contributed by atoms with Crippen LogP contribution in [0.25, 0.3) is 16.9 Å². The van der Waals surface area contributed by atoms with Gasteiger partial charge in [0.05, 0.1) is 11.4 Å². The lowest BCUT2D eigenvalue weighted by Crippen LogP contribution is -2.42.